The van der Waals surface area contributed by atoms with Crippen LogP contribution in [0.4, 0.5) is 0 Å². The average Bonchev–Trinajstić information content (AvgIpc) is 2.61. The number of amides is 1. The summed E-state index contributed by atoms with van der Waals surface area (Å²) in [6.07, 6.45) is 4.31. The van der Waals surface area contributed by atoms with Gasteiger partial charge in [0.15, 0.2) is 6.61 Å². The molecule has 0 aliphatic heterocycles. The highest BCUT2D eigenvalue weighted by Crippen LogP contribution is 2.23. The summed E-state index contributed by atoms with van der Waals surface area (Å²) in [5.74, 6) is -0.552. The number of hydrogen-bond donors (Lipinski definition) is 1. The molecule has 2 rings (SSSR count). The van der Waals surface area contributed by atoms with Crippen LogP contribution in [0.5, 0.6) is 0 Å². The predicted octanol–water partition coefficient (Wildman–Crippen LogP) is 1.79. The number of nitrogens with one attached hydrogen (secondary N) is 1. The summed E-state index contributed by atoms with van der Waals surface area (Å²) < 4.78 is 30.1. The Morgan fingerprint density at radius 3 is 2.35 bits per heavy atom. The monoisotopic (exact) mass is 382 g/mol. The molecule has 0 heterocycles. The Balaban J connectivity index is 1.88. The third-order valence-corrected chi connectivity index (χ3v) is 6.49. The summed E-state index contributed by atoms with van der Waals surface area (Å²) in [5.41, 5.74) is 0.196. The second-order valence-electron chi connectivity index (χ2n) is 6.82. The third-order valence-electron chi connectivity index (χ3n) is 4.66. The molecule has 26 heavy (non-hydrogen) atoms. The Bertz CT molecular complexity index is 743. The lowest BCUT2D eigenvalue weighted by molar-refractivity contribution is -0.125. The van der Waals surface area contributed by atoms with E-state index in [9.17, 15) is 18.0 Å². The van der Waals surface area contributed by atoms with Crippen molar-refractivity contribution in [2.75, 3.05) is 20.7 Å². The number of rotatable bonds is 6. The maximum atomic E-state index is 12.0. The average molecular weight is 382 g/mol. The molecule has 1 amide bonds. The molecule has 1 aliphatic carbocycles. The van der Waals surface area contributed by atoms with Crippen LogP contribution >= 0.6 is 0 Å². The van der Waals surface area contributed by atoms with Crippen molar-refractivity contribution in [3.63, 3.8) is 0 Å². The van der Waals surface area contributed by atoms with Gasteiger partial charge in [0.25, 0.3) is 5.91 Å². The van der Waals surface area contributed by atoms with Gasteiger partial charge in [0.05, 0.1) is 10.5 Å². The van der Waals surface area contributed by atoms with E-state index in [0.29, 0.717) is 5.92 Å². The Morgan fingerprint density at radius 2 is 1.77 bits per heavy atom. The van der Waals surface area contributed by atoms with Gasteiger partial charge in [-0.25, -0.2) is 17.5 Å². The first-order chi connectivity index (χ1) is 12.2. The van der Waals surface area contributed by atoms with Gasteiger partial charge in [0.2, 0.25) is 10.0 Å². The van der Waals surface area contributed by atoms with Gasteiger partial charge in [-0.3, -0.25) is 4.79 Å². The zero-order valence-electron chi connectivity index (χ0n) is 15.4. The lowest BCUT2D eigenvalue weighted by atomic mass is 9.86. The van der Waals surface area contributed by atoms with Crippen LogP contribution in [0.3, 0.4) is 0 Å². The molecular formula is C18H26N2O5S. The van der Waals surface area contributed by atoms with E-state index < -0.39 is 16.0 Å². The number of carbonyl (C=O) groups is 2. The van der Waals surface area contributed by atoms with Crippen LogP contribution in [0, 0.1) is 5.92 Å². The van der Waals surface area contributed by atoms with Crippen molar-refractivity contribution in [2.45, 2.75) is 43.5 Å². The summed E-state index contributed by atoms with van der Waals surface area (Å²) in [6.45, 7) is 1.76. The van der Waals surface area contributed by atoms with E-state index in [-0.39, 0.29) is 29.0 Å². The molecule has 144 valence electrons. The second-order valence-corrected chi connectivity index (χ2v) is 8.98. The van der Waals surface area contributed by atoms with Crippen LogP contribution in [-0.2, 0) is 19.6 Å². The van der Waals surface area contributed by atoms with Gasteiger partial charge in [0.1, 0.15) is 0 Å². The van der Waals surface area contributed by atoms with Gasteiger partial charge in [0, 0.05) is 20.1 Å². The molecule has 1 fully saturated rings. The summed E-state index contributed by atoms with van der Waals surface area (Å²) >= 11 is 0. The van der Waals surface area contributed by atoms with Crippen LogP contribution in [-0.4, -0.2) is 51.3 Å². The number of nitrogens with zero attached hydrogens (tertiary/aromatic N) is 1. The minimum atomic E-state index is -3.55. The summed E-state index contributed by atoms with van der Waals surface area (Å²) in [5, 5.41) is 2.92. The molecule has 7 nitrogen and oxygen atoms in total. The van der Waals surface area contributed by atoms with E-state index in [1.807, 2.05) is 0 Å². The van der Waals surface area contributed by atoms with Crippen molar-refractivity contribution in [1.29, 1.82) is 0 Å². The lowest BCUT2D eigenvalue weighted by Crippen LogP contribution is -2.42. The first-order valence-electron chi connectivity index (χ1n) is 8.71. The Labute approximate surface area is 154 Å². The number of benzene rings is 1. The van der Waals surface area contributed by atoms with E-state index in [1.165, 1.54) is 44.8 Å². The van der Waals surface area contributed by atoms with Crippen molar-refractivity contribution in [1.82, 2.24) is 9.62 Å². The van der Waals surface area contributed by atoms with E-state index in [0.717, 1.165) is 23.6 Å². The summed E-state index contributed by atoms with van der Waals surface area (Å²) in [4.78, 5) is 24.1. The first kappa shape index (κ1) is 20.4. The van der Waals surface area contributed by atoms with Crippen molar-refractivity contribution in [3.8, 4) is 0 Å². The van der Waals surface area contributed by atoms with Crippen LogP contribution in [0.15, 0.2) is 29.2 Å². The molecule has 0 radical (unpaired) electrons. The molecule has 0 saturated heterocycles. The number of ether oxygens (including phenoxy) is 1. The van der Waals surface area contributed by atoms with Crippen LogP contribution in [0.25, 0.3) is 0 Å². The Hall–Kier alpha value is -1.93. The van der Waals surface area contributed by atoms with Gasteiger partial charge < -0.3 is 10.1 Å². The zero-order chi connectivity index (χ0) is 19.3. The maximum absolute atomic E-state index is 12.0. The summed E-state index contributed by atoms with van der Waals surface area (Å²) in [7, 11) is -0.682. The lowest BCUT2D eigenvalue weighted by Gasteiger charge is -2.29. The Morgan fingerprint density at radius 1 is 1.15 bits per heavy atom. The first-order valence-corrected chi connectivity index (χ1v) is 10.1. The minimum Gasteiger partial charge on any atom is -0.452 e. The predicted molar refractivity (Wildman–Crippen MR) is 97.2 cm³/mol. The molecule has 0 unspecified atom stereocenters. The zero-order valence-corrected chi connectivity index (χ0v) is 16.2. The molecule has 8 heteroatoms. The van der Waals surface area contributed by atoms with Crippen LogP contribution < -0.4 is 5.32 Å². The molecule has 1 N–H and O–H groups in total. The van der Waals surface area contributed by atoms with Crippen LogP contribution in [0.1, 0.15) is 43.0 Å². The van der Waals surface area contributed by atoms with Gasteiger partial charge in [-0.15, -0.1) is 0 Å². The number of carbonyl (C=O) groups excluding carboxylic acids is 2. The number of sulfonamides is 1. The SMILES string of the molecule is C[C@@H]1CCCC[C@@H]1NC(=O)COC(=O)c1ccc(S(=O)(=O)N(C)C)cc1. The molecule has 0 bridgehead atoms. The second kappa shape index (κ2) is 8.64. The normalized spacial score (nSPS) is 20.6. The molecule has 0 aromatic heterocycles. The highest BCUT2D eigenvalue weighted by Gasteiger charge is 2.23. The molecule has 2 atom stereocenters. The smallest absolute Gasteiger partial charge is 0.338 e. The van der Waals surface area contributed by atoms with Crippen molar-refractivity contribution in [2.24, 2.45) is 5.92 Å². The third kappa shape index (κ3) is 5.04. The fourth-order valence-electron chi connectivity index (χ4n) is 2.97. The van der Waals surface area contributed by atoms with E-state index in [4.69, 9.17) is 4.74 Å². The highest BCUT2D eigenvalue weighted by atomic mass is 32.2. The topological polar surface area (TPSA) is 92.8 Å². The van der Waals surface area contributed by atoms with Gasteiger partial charge >= 0.3 is 5.97 Å². The molecule has 1 aromatic rings. The standard InChI is InChI=1S/C18H26N2O5S/c1-13-6-4-5-7-16(13)19-17(21)12-25-18(22)14-8-10-15(11-9-14)26(23,24)20(2)3/h8-11,13,16H,4-7,12H2,1-3H3,(H,19,21)/t13-,16+/m1/s1. The number of esters is 1. The highest BCUT2D eigenvalue weighted by molar-refractivity contribution is 7.89. The molecular weight excluding hydrogens is 356 g/mol. The largest absolute Gasteiger partial charge is 0.452 e. The van der Waals surface area contributed by atoms with E-state index in [2.05, 4.69) is 12.2 Å². The van der Waals surface area contributed by atoms with E-state index >= 15 is 0 Å². The summed E-state index contributed by atoms with van der Waals surface area (Å²) in [6, 6.07) is 5.57. The van der Waals surface area contributed by atoms with Crippen molar-refractivity contribution in [3.05, 3.63) is 29.8 Å². The van der Waals surface area contributed by atoms with Crippen molar-refractivity contribution >= 4 is 21.9 Å². The van der Waals surface area contributed by atoms with Gasteiger partial charge in [-0.1, -0.05) is 19.8 Å². The van der Waals surface area contributed by atoms with Gasteiger partial charge in [-0.05, 0) is 43.0 Å². The van der Waals surface area contributed by atoms with Gasteiger partial charge in [-0.2, -0.15) is 0 Å². The molecule has 0 spiro atoms. The minimum absolute atomic E-state index is 0.0862. The number of hydrogen-bond acceptors (Lipinski definition) is 5. The van der Waals surface area contributed by atoms with Crippen molar-refractivity contribution < 1.29 is 22.7 Å². The fraction of sp³-hybridized carbons (Fsp3) is 0.556. The van der Waals surface area contributed by atoms with Crippen LogP contribution in [0.2, 0.25) is 0 Å². The molecule has 1 aliphatic rings. The maximum Gasteiger partial charge on any atom is 0.338 e. The Kier molecular flexibility index (Phi) is 6.77. The van der Waals surface area contributed by atoms with E-state index in [1.54, 1.807) is 0 Å². The quantitative estimate of drug-likeness (QED) is 0.757. The fourth-order valence-corrected chi connectivity index (χ4v) is 3.87. The molecule has 1 saturated carbocycles. The molecule has 1 aromatic carbocycles.